The Morgan fingerprint density at radius 2 is 1.86 bits per heavy atom. The molecule has 3 heteroatoms. The zero-order chi connectivity index (χ0) is 15.8. The van der Waals surface area contributed by atoms with E-state index < -0.39 is 0 Å². The molecule has 2 rings (SSSR count). The normalized spacial score (nSPS) is 13.5. The van der Waals surface area contributed by atoms with Crippen LogP contribution in [0.15, 0.2) is 24.3 Å². The smallest absolute Gasteiger partial charge is 0.0596 e. The Kier molecular flexibility index (Phi) is 4.24. The van der Waals surface area contributed by atoms with E-state index in [4.69, 9.17) is 5.73 Å². The second kappa shape index (κ2) is 5.64. The van der Waals surface area contributed by atoms with Crippen molar-refractivity contribution in [3.8, 4) is 0 Å². The second-order valence-corrected chi connectivity index (χ2v) is 6.94. The van der Waals surface area contributed by atoms with E-state index in [1.54, 1.807) is 0 Å². The first-order chi connectivity index (χ1) is 9.74. The third-order valence-electron chi connectivity index (χ3n) is 4.15. The minimum Gasteiger partial charge on any atom is -0.329 e. The number of hydrogen-bond donors (Lipinski definition) is 1. The molecule has 0 bridgehead atoms. The molecule has 3 nitrogen and oxygen atoms in total. The lowest BCUT2D eigenvalue weighted by Crippen LogP contribution is -2.19. The summed E-state index contributed by atoms with van der Waals surface area (Å²) in [5.41, 5.74) is 12.4. The van der Waals surface area contributed by atoms with Crippen LogP contribution in [0, 0.1) is 13.8 Å². The van der Waals surface area contributed by atoms with Crippen molar-refractivity contribution < 1.29 is 0 Å². The predicted octanol–water partition coefficient (Wildman–Crippen LogP) is 3.43. The summed E-state index contributed by atoms with van der Waals surface area (Å²) in [4.78, 5) is 0. The Balaban J connectivity index is 2.54. The van der Waals surface area contributed by atoms with Crippen molar-refractivity contribution in [2.45, 2.75) is 46.0 Å². The summed E-state index contributed by atoms with van der Waals surface area (Å²) in [7, 11) is 1.99. The standard InChI is InChI=1S/C18H27N3/c1-12-7-8-14(18(3,4)5)10-15(12)16(11-19)17-9-13(2)20-21(17)6/h7-10,16H,11,19H2,1-6H3. The molecule has 114 valence electrons. The molecule has 0 aliphatic carbocycles. The molecule has 0 saturated heterocycles. The molecule has 1 unspecified atom stereocenters. The third kappa shape index (κ3) is 3.18. The highest BCUT2D eigenvalue weighted by Crippen LogP contribution is 2.31. The Bertz CT molecular complexity index is 632. The maximum atomic E-state index is 6.10. The number of benzene rings is 1. The Morgan fingerprint density at radius 3 is 2.33 bits per heavy atom. The molecule has 0 fully saturated rings. The zero-order valence-corrected chi connectivity index (χ0v) is 14.1. The van der Waals surface area contributed by atoms with Gasteiger partial charge in [-0.2, -0.15) is 5.10 Å². The van der Waals surface area contributed by atoms with E-state index in [2.05, 4.69) is 57.1 Å². The fourth-order valence-electron chi connectivity index (χ4n) is 2.85. The van der Waals surface area contributed by atoms with Crippen molar-refractivity contribution >= 4 is 0 Å². The first kappa shape index (κ1) is 15.8. The van der Waals surface area contributed by atoms with Crippen molar-refractivity contribution in [2.75, 3.05) is 6.54 Å². The summed E-state index contributed by atoms with van der Waals surface area (Å²) < 4.78 is 1.95. The van der Waals surface area contributed by atoms with E-state index in [-0.39, 0.29) is 11.3 Å². The number of nitrogens with zero attached hydrogens (tertiary/aromatic N) is 2. The molecule has 0 saturated carbocycles. The predicted molar refractivity (Wildman–Crippen MR) is 88.7 cm³/mol. The maximum absolute atomic E-state index is 6.10. The average Bonchev–Trinajstić information content (AvgIpc) is 2.70. The van der Waals surface area contributed by atoms with Gasteiger partial charge in [0.2, 0.25) is 0 Å². The highest BCUT2D eigenvalue weighted by molar-refractivity contribution is 5.40. The van der Waals surface area contributed by atoms with E-state index in [1.807, 2.05) is 18.7 Å². The van der Waals surface area contributed by atoms with Crippen LogP contribution in [-0.2, 0) is 12.5 Å². The van der Waals surface area contributed by atoms with Crippen LogP contribution in [-0.4, -0.2) is 16.3 Å². The minimum atomic E-state index is 0.143. The van der Waals surface area contributed by atoms with E-state index in [9.17, 15) is 0 Å². The summed E-state index contributed by atoms with van der Waals surface area (Å²) in [5, 5.41) is 4.47. The quantitative estimate of drug-likeness (QED) is 0.939. The highest BCUT2D eigenvalue weighted by Gasteiger charge is 2.21. The lowest BCUT2D eigenvalue weighted by Gasteiger charge is -2.24. The zero-order valence-electron chi connectivity index (χ0n) is 14.1. The molecule has 0 aliphatic heterocycles. The highest BCUT2D eigenvalue weighted by atomic mass is 15.3. The number of nitrogens with two attached hydrogens (primary N) is 1. The summed E-state index contributed by atoms with van der Waals surface area (Å²) in [5.74, 6) is 0.193. The lowest BCUT2D eigenvalue weighted by atomic mass is 9.82. The van der Waals surface area contributed by atoms with Gasteiger partial charge in [-0.25, -0.2) is 0 Å². The molecule has 0 amide bonds. The Labute approximate surface area is 128 Å². The topological polar surface area (TPSA) is 43.8 Å². The van der Waals surface area contributed by atoms with Crippen LogP contribution in [0.4, 0.5) is 0 Å². The number of hydrogen-bond acceptors (Lipinski definition) is 2. The largest absolute Gasteiger partial charge is 0.329 e. The molecule has 1 atom stereocenters. The maximum Gasteiger partial charge on any atom is 0.0596 e. The Morgan fingerprint density at radius 1 is 1.19 bits per heavy atom. The molecule has 0 aliphatic rings. The van der Waals surface area contributed by atoms with E-state index in [0.717, 1.165) is 5.69 Å². The van der Waals surface area contributed by atoms with Crippen LogP contribution >= 0.6 is 0 Å². The number of aromatic nitrogens is 2. The fraction of sp³-hybridized carbons (Fsp3) is 0.500. The molecule has 1 heterocycles. The second-order valence-electron chi connectivity index (χ2n) is 6.94. The van der Waals surface area contributed by atoms with Crippen molar-refractivity contribution in [3.05, 3.63) is 52.3 Å². The van der Waals surface area contributed by atoms with Crippen LogP contribution in [0.5, 0.6) is 0 Å². The number of rotatable bonds is 3. The van der Waals surface area contributed by atoms with Gasteiger partial charge in [-0.15, -0.1) is 0 Å². The van der Waals surface area contributed by atoms with E-state index in [1.165, 1.54) is 22.4 Å². The van der Waals surface area contributed by atoms with Crippen LogP contribution in [0.3, 0.4) is 0 Å². The molecule has 0 radical (unpaired) electrons. The molecule has 0 spiro atoms. The summed E-state index contributed by atoms with van der Waals surface area (Å²) >= 11 is 0. The van der Waals surface area contributed by atoms with Gasteiger partial charge >= 0.3 is 0 Å². The van der Waals surface area contributed by atoms with Crippen molar-refractivity contribution in [3.63, 3.8) is 0 Å². The first-order valence-electron chi connectivity index (χ1n) is 7.55. The van der Waals surface area contributed by atoms with Gasteiger partial charge in [0.1, 0.15) is 0 Å². The van der Waals surface area contributed by atoms with Gasteiger partial charge in [-0.05, 0) is 42.0 Å². The van der Waals surface area contributed by atoms with Crippen LogP contribution in [0.1, 0.15) is 54.8 Å². The van der Waals surface area contributed by atoms with Gasteiger partial charge in [-0.1, -0.05) is 39.0 Å². The van der Waals surface area contributed by atoms with E-state index >= 15 is 0 Å². The molecular weight excluding hydrogens is 258 g/mol. The van der Waals surface area contributed by atoms with Crippen LogP contribution < -0.4 is 5.73 Å². The minimum absolute atomic E-state index is 0.143. The van der Waals surface area contributed by atoms with Gasteiger partial charge in [0.25, 0.3) is 0 Å². The summed E-state index contributed by atoms with van der Waals surface area (Å²) in [6.45, 7) is 11.5. The van der Waals surface area contributed by atoms with Crippen molar-refractivity contribution in [2.24, 2.45) is 12.8 Å². The SMILES string of the molecule is Cc1cc(C(CN)c2cc(C(C)(C)C)ccc2C)n(C)n1. The van der Waals surface area contributed by atoms with Gasteiger partial charge in [0.15, 0.2) is 0 Å². The summed E-state index contributed by atoms with van der Waals surface area (Å²) in [6.07, 6.45) is 0. The first-order valence-corrected chi connectivity index (χ1v) is 7.55. The van der Waals surface area contributed by atoms with E-state index in [0.29, 0.717) is 6.54 Å². The molecule has 2 aromatic rings. The average molecular weight is 285 g/mol. The lowest BCUT2D eigenvalue weighted by molar-refractivity contribution is 0.587. The monoisotopic (exact) mass is 285 g/mol. The number of aryl methyl sites for hydroxylation is 3. The molecule has 1 aromatic carbocycles. The molecule has 1 aromatic heterocycles. The molecule has 21 heavy (non-hydrogen) atoms. The molecular formula is C18H27N3. The van der Waals surface area contributed by atoms with Crippen molar-refractivity contribution in [1.82, 2.24) is 9.78 Å². The third-order valence-corrected chi connectivity index (χ3v) is 4.15. The van der Waals surface area contributed by atoms with Gasteiger partial charge in [-0.3, -0.25) is 4.68 Å². The summed E-state index contributed by atoms with van der Waals surface area (Å²) in [6, 6.07) is 8.89. The fourth-order valence-corrected chi connectivity index (χ4v) is 2.85. The van der Waals surface area contributed by atoms with Crippen LogP contribution in [0.2, 0.25) is 0 Å². The van der Waals surface area contributed by atoms with Gasteiger partial charge < -0.3 is 5.73 Å². The van der Waals surface area contributed by atoms with Crippen LogP contribution in [0.25, 0.3) is 0 Å². The van der Waals surface area contributed by atoms with Gasteiger partial charge in [0.05, 0.1) is 5.69 Å². The molecule has 2 N–H and O–H groups in total. The Hall–Kier alpha value is -1.61. The van der Waals surface area contributed by atoms with Crippen molar-refractivity contribution in [1.29, 1.82) is 0 Å². The van der Waals surface area contributed by atoms with Gasteiger partial charge in [0, 0.05) is 25.2 Å².